The van der Waals surface area contributed by atoms with E-state index in [1.807, 2.05) is 36.4 Å². The molecule has 0 saturated heterocycles. The summed E-state index contributed by atoms with van der Waals surface area (Å²) in [7, 11) is 0. The number of benzene rings is 8. The maximum absolute atomic E-state index is 5.43. The minimum atomic E-state index is 0.704. The zero-order valence-corrected chi connectivity index (χ0v) is 33.2. The third-order valence-corrected chi connectivity index (χ3v) is 11.4. The molecule has 8 aromatic carbocycles. The topological polar surface area (TPSA) is 43.1 Å². The lowest BCUT2D eigenvalue weighted by atomic mass is 9.94. The van der Waals surface area contributed by atoms with E-state index in [2.05, 4.69) is 199 Å². The van der Waals surface area contributed by atoms with E-state index in [0.29, 0.717) is 5.82 Å². The van der Waals surface area contributed by atoms with Crippen LogP contribution in [0.25, 0.3) is 106 Å². The van der Waals surface area contributed by atoms with Crippen LogP contribution >= 0.6 is 0 Å². The number of aromatic nitrogens is 4. The summed E-state index contributed by atoms with van der Waals surface area (Å²) in [6.07, 6.45) is 0. The fourth-order valence-electron chi connectivity index (χ4n) is 8.41. The number of rotatable bonds is 8. The lowest BCUT2D eigenvalue weighted by molar-refractivity contribution is 0.979. The van der Waals surface area contributed by atoms with Gasteiger partial charge in [0, 0.05) is 38.8 Å². The fraction of sp³-hybridized carbons (Fsp3) is 0. The molecule has 4 heteroatoms. The van der Waals surface area contributed by atoms with Crippen molar-refractivity contribution in [3.8, 4) is 89.8 Å². The molecule has 0 aliphatic carbocycles. The van der Waals surface area contributed by atoms with Gasteiger partial charge in [0.2, 0.25) is 0 Å². The normalized spacial score (nSPS) is 11.3. The largest absolute Gasteiger partial charge is 0.231 e. The van der Waals surface area contributed by atoms with Crippen LogP contribution in [0.3, 0.4) is 0 Å². The molecule has 4 nitrogen and oxygen atoms in total. The van der Waals surface area contributed by atoms with Gasteiger partial charge in [0.1, 0.15) is 5.69 Å². The van der Waals surface area contributed by atoms with Crippen LogP contribution in [0.15, 0.2) is 231 Å². The number of pyridine rings is 1. The van der Waals surface area contributed by atoms with E-state index in [1.54, 1.807) is 0 Å². The lowest BCUT2D eigenvalue weighted by Crippen LogP contribution is -1.96. The number of fused-ring (bicyclic) bond motifs is 3. The van der Waals surface area contributed by atoms with E-state index in [1.165, 1.54) is 0 Å². The lowest BCUT2D eigenvalue weighted by Gasteiger charge is -2.13. The monoisotopic (exact) mass is 778 g/mol. The third-order valence-electron chi connectivity index (χ3n) is 11.4. The van der Waals surface area contributed by atoms with E-state index >= 15 is 0 Å². The van der Waals surface area contributed by atoms with E-state index < -0.39 is 0 Å². The molecule has 0 N–H and O–H groups in total. The van der Waals surface area contributed by atoms with Gasteiger partial charge in [-0.05, 0) is 63.5 Å². The highest BCUT2D eigenvalue weighted by Gasteiger charge is 2.22. The van der Waals surface area contributed by atoms with Crippen molar-refractivity contribution in [2.24, 2.45) is 0 Å². The Kier molecular flexibility index (Phi) is 9.14. The molecule has 286 valence electrons. The van der Waals surface area contributed by atoms with Gasteiger partial charge in [-0.25, -0.2) is 14.5 Å². The molecule has 0 aliphatic rings. The fourth-order valence-corrected chi connectivity index (χ4v) is 8.41. The van der Waals surface area contributed by atoms with Gasteiger partial charge in [-0.15, -0.1) is 0 Å². The average molecular weight is 779 g/mol. The highest BCUT2D eigenvalue weighted by Crippen LogP contribution is 2.42. The molecule has 0 bridgehead atoms. The molecular weight excluding hydrogens is 741 g/mol. The number of hydrogen-bond donors (Lipinski definition) is 0. The smallest absolute Gasteiger partial charge is 0.160 e. The third kappa shape index (κ3) is 6.86. The molecule has 0 spiro atoms. The summed E-state index contributed by atoms with van der Waals surface area (Å²) in [5.41, 5.74) is 16.9. The first-order valence-electron chi connectivity index (χ1n) is 20.6. The van der Waals surface area contributed by atoms with Crippen LogP contribution in [0.2, 0.25) is 0 Å². The summed E-state index contributed by atoms with van der Waals surface area (Å²) in [6, 6.07) is 81.1. The Labute approximate surface area is 354 Å². The van der Waals surface area contributed by atoms with Crippen LogP contribution in [0.5, 0.6) is 0 Å². The number of nitrogens with zero attached hydrogens (tertiary/aromatic N) is 4. The van der Waals surface area contributed by atoms with Crippen LogP contribution in [0.1, 0.15) is 0 Å². The van der Waals surface area contributed by atoms with Gasteiger partial charge in [0.25, 0.3) is 0 Å². The first-order valence-corrected chi connectivity index (χ1v) is 20.6. The average Bonchev–Trinajstić information content (AvgIpc) is 3.76. The van der Waals surface area contributed by atoms with E-state index in [-0.39, 0.29) is 0 Å². The Hall–Kier alpha value is -8.21. The molecule has 3 aromatic heterocycles. The van der Waals surface area contributed by atoms with Crippen molar-refractivity contribution in [1.82, 2.24) is 19.6 Å². The van der Waals surface area contributed by atoms with Crippen LogP contribution in [-0.2, 0) is 0 Å². The van der Waals surface area contributed by atoms with E-state index in [9.17, 15) is 0 Å². The summed E-state index contributed by atoms with van der Waals surface area (Å²) < 4.78 is 2.16. The first-order chi connectivity index (χ1) is 30.2. The minimum Gasteiger partial charge on any atom is -0.231 e. The van der Waals surface area contributed by atoms with E-state index in [4.69, 9.17) is 15.1 Å². The van der Waals surface area contributed by atoms with Gasteiger partial charge in [-0.3, -0.25) is 0 Å². The highest BCUT2D eigenvalue weighted by atomic mass is 15.2. The van der Waals surface area contributed by atoms with Gasteiger partial charge in [-0.1, -0.05) is 200 Å². The zero-order valence-electron chi connectivity index (χ0n) is 33.2. The molecule has 0 saturated carbocycles. The second-order valence-electron chi connectivity index (χ2n) is 15.3. The van der Waals surface area contributed by atoms with Gasteiger partial charge in [0.05, 0.1) is 22.6 Å². The highest BCUT2D eigenvalue weighted by molar-refractivity contribution is 6.09. The Balaban J connectivity index is 1.05. The molecule has 61 heavy (non-hydrogen) atoms. The predicted octanol–water partition coefficient (Wildman–Crippen LogP) is 14.6. The molecule has 11 rings (SSSR count). The van der Waals surface area contributed by atoms with E-state index in [0.717, 1.165) is 100 Å². The van der Waals surface area contributed by atoms with Crippen molar-refractivity contribution in [1.29, 1.82) is 0 Å². The van der Waals surface area contributed by atoms with Crippen molar-refractivity contribution in [3.63, 3.8) is 0 Å². The maximum Gasteiger partial charge on any atom is 0.160 e. The van der Waals surface area contributed by atoms with Crippen LogP contribution in [-0.4, -0.2) is 19.6 Å². The molecule has 0 unspecified atom stereocenters. The minimum absolute atomic E-state index is 0.704. The van der Waals surface area contributed by atoms with Crippen LogP contribution < -0.4 is 0 Å². The second kappa shape index (κ2) is 15.5. The molecular formula is C57H38N4. The number of hydrogen-bond acceptors (Lipinski definition) is 3. The molecule has 0 atom stereocenters. The molecule has 0 amide bonds. The predicted molar refractivity (Wildman–Crippen MR) is 252 cm³/mol. The van der Waals surface area contributed by atoms with Crippen molar-refractivity contribution in [2.75, 3.05) is 0 Å². The summed E-state index contributed by atoms with van der Waals surface area (Å²) in [5.74, 6) is 0.704. The van der Waals surface area contributed by atoms with Gasteiger partial charge < -0.3 is 0 Å². The molecule has 3 heterocycles. The Morgan fingerprint density at radius 2 is 0.770 bits per heavy atom. The van der Waals surface area contributed by atoms with Crippen LogP contribution in [0, 0.1) is 0 Å². The first kappa shape index (κ1) is 35.9. The summed E-state index contributed by atoms with van der Waals surface area (Å²) >= 11 is 0. The maximum atomic E-state index is 5.43. The SMILES string of the molecule is c1ccc(-c2cc(-c3cccc(-c4cccc(-c5ccc6cc(-c7ccccc7)n7nc(-c8ccccc8)c(-c8ccccc8)c7c6c5)c4)c3)nc(-c3ccccc3)n2)cc1. The molecule has 11 aromatic rings. The molecule has 0 aliphatic heterocycles. The second-order valence-corrected chi connectivity index (χ2v) is 15.3. The van der Waals surface area contributed by atoms with Gasteiger partial charge in [-0.2, -0.15) is 5.10 Å². The standard InChI is InChI=1S/C57H38N4/c1-6-18-39(19-7-1)51-38-52(59-57(58-51)43-26-14-5-15-27-43)49-31-17-30-46(35-49)44-28-16-29-45(34-44)47-32-33-48-37-53(40-20-8-2-9-21-40)61-56(50(48)36-47)54(41-22-10-3-11-23-41)55(60-61)42-24-12-4-13-25-42/h1-38H. The van der Waals surface area contributed by atoms with Crippen molar-refractivity contribution in [2.45, 2.75) is 0 Å². The Morgan fingerprint density at radius 3 is 1.38 bits per heavy atom. The van der Waals surface area contributed by atoms with Crippen molar-refractivity contribution in [3.05, 3.63) is 231 Å². The Bertz CT molecular complexity index is 3270. The van der Waals surface area contributed by atoms with Crippen molar-refractivity contribution >= 4 is 16.3 Å². The van der Waals surface area contributed by atoms with Crippen LogP contribution in [0.4, 0.5) is 0 Å². The summed E-state index contributed by atoms with van der Waals surface area (Å²) in [6.45, 7) is 0. The zero-order chi connectivity index (χ0) is 40.5. The van der Waals surface area contributed by atoms with Gasteiger partial charge >= 0.3 is 0 Å². The van der Waals surface area contributed by atoms with Gasteiger partial charge in [0.15, 0.2) is 5.82 Å². The Morgan fingerprint density at radius 1 is 0.311 bits per heavy atom. The van der Waals surface area contributed by atoms with Crippen molar-refractivity contribution < 1.29 is 0 Å². The summed E-state index contributed by atoms with van der Waals surface area (Å²) in [4.78, 5) is 10.1. The summed E-state index contributed by atoms with van der Waals surface area (Å²) in [5, 5.41) is 7.73. The molecule has 0 fully saturated rings. The quantitative estimate of drug-likeness (QED) is 0.154. The molecule has 0 radical (unpaired) electrons.